The van der Waals surface area contributed by atoms with Crippen LogP contribution in [0.25, 0.3) is 0 Å². The second-order valence-electron chi connectivity index (χ2n) is 19.2. The SMILES string of the molecule is CCOC(C1C[C@@H](C)[C@H]2C(O1)[C@H](O)[C@@]1(C)C3CC[C@H]4C(C)(C)C(O[C@H]5CN(Cc6ncco6)CCO5)CCC45CC35CCC21C)C(C)(C)O. The molecule has 0 bridgehead atoms. The first kappa shape index (κ1) is 35.0. The molecule has 9 nitrogen and oxygen atoms in total. The van der Waals surface area contributed by atoms with Gasteiger partial charge in [-0.05, 0) is 117 Å². The summed E-state index contributed by atoms with van der Waals surface area (Å²) in [4.78, 5) is 6.65. The second kappa shape index (κ2) is 11.7. The molecule has 2 aliphatic heterocycles. The fraction of sp³-hybridized carbons (Fsp3) is 0.925. The predicted octanol–water partition coefficient (Wildman–Crippen LogP) is 6.21. The zero-order valence-corrected chi connectivity index (χ0v) is 31.5. The molecule has 0 amide bonds. The first-order chi connectivity index (χ1) is 23.1. The standard InChI is InChI=1S/C40H64N2O7/c1-9-45-34(36(5,6)44)25-20-24(2)31-32(48-25)33(43)38(8)27-11-10-26-35(3,4)28(12-13-39(26)23-40(27,39)15-14-37(31,38)7)49-30-22-42(17-19-47-30)21-29-41-16-18-46-29/h16,18,24-28,30-34,43-44H,9-15,17,19-23H2,1-8H3/t24-,25?,26+,27?,28?,30+,31+,32?,33+,34?,37?,38-,39?,40?/m1/s1. The topological polar surface area (TPSA) is 107 Å². The summed E-state index contributed by atoms with van der Waals surface area (Å²) in [5, 5.41) is 23.7. The number of oxazole rings is 1. The summed E-state index contributed by atoms with van der Waals surface area (Å²) in [6, 6.07) is 0. The van der Waals surface area contributed by atoms with Gasteiger partial charge in [0.2, 0.25) is 5.89 Å². The summed E-state index contributed by atoms with van der Waals surface area (Å²) in [6.07, 6.45) is 11.1. The number of aromatic nitrogens is 1. The maximum absolute atomic E-state index is 12.6. The van der Waals surface area contributed by atoms with Gasteiger partial charge in [0.05, 0.1) is 55.9 Å². The van der Waals surface area contributed by atoms with Crippen LogP contribution in [-0.4, -0.2) is 88.8 Å². The van der Waals surface area contributed by atoms with Gasteiger partial charge in [0.1, 0.15) is 12.4 Å². The summed E-state index contributed by atoms with van der Waals surface area (Å²) in [5.41, 5.74) is -0.560. The minimum absolute atomic E-state index is 0.00897. The number of nitrogens with zero attached hydrogens (tertiary/aromatic N) is 2. The average molecular weight is 685 g/mol. The monoisotopic (exact) mass is 684 g/mol. The molecule has 2 saturated heterocycles. The molecule has 14 atom stereocenters. The third-order valence-electron chi connectivity index (χ3n) is 16.4. The van der Waals surface area contributed by atoms with Gasteiger partial charge in [-0.1, -0.05) is 34.6 Å². The first-order valence-corrected chi connectivity index (χ1v) is 19.7. The van der Waals surface area contributed by atoms with Gasteiger partial charge in [-0.15, -0.1) is 0 Å². The maximum atomic E-state index is 12.6. The van der Waals surface area contributed by atoms with E-state index in [2.05, 4.69) is 44.5 Å². The van der Waals surface area contributed by atoms with E-state index < -0.39 is 17.8 Å². The van der Waals surface area contributed by atoms with Gasteiger partial charge in [-0.25, -0.2) is 4.98 Å². The molecule has 2 spiro atoms. The van der Waals surface area contributed by atoms with Crippen LogP contribution in [0.4, 0.5) is 0 Å². The van der Waals surface area contributed by atoms with Crippen molar-refractivity contribution in [1.29, 1.82) is 0 Å². The highest BCUT2D eigenvalue weighted by molar-refractivity contribution is 5.33. The molecule has 0 aromatic carbocycles. The van der Waals surface area contributed by atoms with E-state index in [4.69, 9.17) is 23.4 Å². The lowest BCUT2D eigenvalue weighted by molar-refractivity contribution is -0.249. The summed E-state index contributed by atoms with van der Waals surface area (Å²) < 4.78 is 31.7. The molecule has 5 saturated carbocycles. The van der Waals surface area contributed by atoms with Gasteiger partial charge >= 0.3 is 0 Å². The highest BCUT2D eigenvalue weighted by atomic mass is 16.7. The van der Waals surface area contributed by atoms with Gasteiger partial charge in [0.25, 0.3) is 0 Å². The average Bonchev–Trinajstić information content (AvgIpc) is 3.33. The van der Waals surface area contributed by atoms with E-state index in [1.54, 1.807) is 12.5 Å². The number of aliphatic hydroxyl groups is 2. The molecule has 8 rings (SSSR count). The van der Waals surface area contributed by atoms with Crippen molar-refractivity contribution >= 4 is 0 Å². The molecule has 276 valence electrons. The normalized spacial score (nSPS) is 49.6. The van der Waals surface area contributed by atoms with Crippen LogP contribution >= 0.6 is 0 Å². The highest BCUT2D eigenvalue weighted by Crippen LogP contribution is 2.89. The van der Waals surface area contributed by atoms with Crippen LogP contribution in [0.2, 0.25) is 0 Å². The molecule has 7 aliphatic rings. The number of morpholine rings is 1. The van der Waals surface area contributed by atoms with Crippen LogP contribution in [-0.2, 0) is 25.5 Å². The van der Waals surface area contributed by atoms with Crippen molar-refractivity contribution in [2.75, 3.05) is 26.3 Å². The van der Waals surface area contributed by atoms with E-state index in [9.17, 15) is 10.2 Å². The van der Waals surface area contributed by atoms with Crippen molar-refractivity contribution in [2.45, 2.75) is 156 Å². The third kappa shape index (κ3) is 4.91. The predicted molar refractivity (Wildman–Crippen MR) is 184 cm³/mol. The molecule has 1 aromatic heterocycles. The summed E-state index contributed by atoms with van der Waals surface area (Å²) in [5.74, 6) is 2.52. The molecule has 7 fully saturated rings. The Morgan fingerprint density at radius 3 is 2.55 bits per heavy atom. The van der Waals surface area contributed by atoms with E-state index in [0.717, 1.165) is 44.7 Å². The lowest BCUT2D eigenvalue weighted by Gasteiger charge is -2.64. The van der Waals surface area contributed by atoms with Crippen molar-refractivity contribution < 1.29 is 33.6 Å². The van der Waals surface area contributed by atoms with Crippen LogP contribution in [0, 0.1) is 50.7 Å². The molecule has 5 aliphatic carbocycles. The Bertz CT molecular complexity index is 1360. The van der Waals surface area contributed by atoms with Crippen LogP contribution in [0.3, 0.4) is 0 Å². The Morgan fingerprint density at radius 1 is 1.08 bits per heavy atom. The maximum Gasteiger partial charge on any atom is 0.208 e. The molecular weight excluding hydrogens is 620 g/mol. The number of rotatable bonds is 8. The number of ether oxygens (including phenoxy) is 4. The summed E-state index contributed by atoms with van der Waals surface area (Å²) >= 11 is 0. The van der Waals surface area contributed by atoms with Crippen molar-refractivity contribution in [3.05, 3.63) is 18.4 Å². The largest absolute Gasteiger partial charge is 0.448 e. The van der Waals surface area contributed by atoms with E-state index in [1.807, 2.05) is 20.8 Å². The van der Waals surface area contributed by atoms with Crippen molar-refractivity contribution in [1.82, 2.24) is 9.88 Å². The van der Waals surface area contributed by atoms with Gasteiger partial charge in [0.15, 0.2) is 6.29 Å². The van der Waals surface area contributed by atoms with Crippen molar-refractivity contribution in [3.63, 3.8) is 0 Å². The Balaban J connectivity index is 1.01. The summed E-state index contributed by atoms with van der Waals surface area (Å²) in [6.45, 7) is 21.4. The number of hydrogen-bond donors (Lipinski definition) is 2. The molecular formula is C40H64N2O7. The van der Waals surface area contributed by atoms with E-state index >= 15 is 0 Å². The molecule has 49 heavy (non-hydrogen) atoms. The number of hydrogen-bond acceptors (Lipinski definition) is 9. The van der Waals surface area contributed by atoms with Gasteiger partial charge in [-0.2, -0.15) is 0 Å². The Hall–Kier alpha value is -1.07. The van der Waals surface area contributed by atoms with E-state index in [1.165, 1.54) is 25.7 Å². The minimum atomic E-state index is -1.02. The molecule has 1 aromatic rings. The molecule has 9 heteroatoms. The second-order valence-corrected chi connectivity index (χ2v) is 19.2. The first-order valence-electron chi connectivity index (χ1n) is 19.7. The zero-order valence-electron chi connectivity index (χ0n) is 31.5. The Kier molecular flexibility index (Phi) is 8.36. The molecule has 3 heterocycles. The third-order valence-corrected chi connectivity index (χ3v) is 16.4. The Morgan fingerprint density at radius 2 is 1.84 bits per heavy atom. The fourth-order valence-corrected chi connectivity index (χ4v) is 14.3. The van der Waals surface area contributed by atoms with E-state index in [0.29, 0.717) is 54.3 Å². The van der Waals surface area contributed by atoms with Gasteiger partial charge < -0.3 is 33.6 Å². The number of fused-ring (bicyclic) bond motifs is 4. The quantitative estimate of drug-likeness (QED) is 0.331. The van der Waals surface area contributed by atoms with Gasteiger partial charge in [0, 0.05) is 18.6 Å². The summed E-state index contributed by atoms with van der Waals surface area (Å²) in [7, 11) is 0. The lowest BCUT2D eigenvalue weighted by atomic mass is 9.41. The molecule has 0 radical (unpaired) electrons. The highest BCUT2D eigenvalue weighted by Gasteiger charge is 2.84. The Labute approximate surface area is 294 Å². The van der Waals surface area contributed by atoms with Crippen LogP contribution in [0.1, 0.15) is 113 Å². The molecule has 8 unspecified atom stereocenters. The van der Waals surface area contributed by atoms with Crippen LogP contribution in [0.5, 0.6) is 0 Å². The molecule has 2 N–H and O–H groups in total. The smallest absolute Gasteiger partial charge is 0.208 e. The zero-order chi connectivity index (χ0) is 34.8. The fourth-order valence-electron chi connectivity index (χ4n) is 14.3. The minimum Gasteiger partial charge on any atom is -0.448 e. The van der Waals surface area contributed by atoms with Gasteiger partial charge in [-0.3, -0.25) is 4.90 Å². The van der Waals surface area contributed by atoms with Crippen molar-refractivity contribution in [3.8, 4) is 0 Å². The van der Waals surface area contributed by atoms with Crippen LogP contribution in [0.15, 0.2) is 16.9 Å². The lowest BCUT2D eigenvalue weighted by Crippen LogP contribution is -2.60. The van der Waals surface area contributed by atoms with Crippen molar-refractivity contribution in [2.24, 2.45) is 50.7 Å². The number of aliphatic hydroxyl groups excluding tert-OH is 1. The van der Waals surface area contributed by atoms with E-state index in [-0.39, 0.29) is 40.8 Å². The van der Waals surface area contributed by atoms with Crippen LogP contribution < -0.4 is 0 Å².